The van der Waals surface area contributed by atoms with E-state index in [2.05, 4.69) is 9.88 Å². The minimum Gasteiger partial charge on any atom is -0.369 e. The molecule has 0 unspecified atom stereocenters. The Balaban J connectivity index is 2.01. The van der Waals surface area contributed by atoms with Gasteiger partial charge in [0, 0.05) is 25.5 Å². The molecule has 0 spiro atoms. The van der Waals surface area contributed by atoms with Crippen LogP contribution in [0.3, 0.4) is 0 Å². The van der Waals surface area contributed by atoms with Crippen LogP contribution in [-0.4, -0.2) is 28.9 Å². The van der Waals surface area contributed by atoms with Gasteiger partial charge in [-0.05, 0) is 44.0 Å². The van der Waals surface area contributed by atoms with Crippen molar-refractivity contribution in [3.05, 3.63) is 30.1 Å². The Morgan fingerprint density at radius 3 is 2.88 bits per heavy atom. The van der Waals surface area contributed by atoms with Gasteiger partial charge in [-0.15, -0.1) is 0 Å². The number of primary amides is 1. The number of nitrogens with zero attached hydrogens (tertiary/aromatic N) is 2. The molecule has 1 aliphatic rings. The molecule has 1 aliphatic heterocycles. The summed E-state index contributed by atoms with van der Waals surface area (Å²) in [5, 5.41) is 0. The Kier molecular flexibility index (Phi) is 3.43. The molecule has 1 saturated heterocycles. The van der Waals surface area contributed by atoms with E-state index < -0.39 is 0 Å². The lowest BCUT2D eigenvalue weighted by Gasteiger charge is -2.38. The van der Waals surface area contributed by atoms with E-state index in [4.69, 9.17) is 5.73 Å². The zero-order valence-corrected chi connectivity index (χ0v) is 10.2. The molecule has 1 atom stereocenters. The standard InChI is InChI=1S/C13H19N3O/c1-13(12(14)17)5-2-8-16(10-13)9-11-3-6-15-7-4-11/h3-4,6-7H,2,5,8-10H2,1H3,(H2,14,17)/t13-/m0/s1. The molecule has 1 amide bonds. The molecule has 4 nitrogen and oxygen atoms in total. The van der Waals surface area contributed by atoms with Gasteiger partial charge in [0.25, 0.3) is 0 Å². The predicted molar refractivity (Wildman–Crippen MR) is 66.0 cm³/mol. The van der Waals surface area contributed by atoms with Crippen LogP contribution in [0.5, 0.6) is 0 Å². The maximum atomic E-state index is 11.5. The van der Waals surface area contributed by atoms with Crippen LogP contribution in [0.1, 0.15) is 25.3 Å². The lowest BCUT2D eigenvalue weighted by molar-refractivity contribution is -0.129. The molecule has 0 aliphatic carbocycles. The number of carbonyl (C=O) groups excluding carboxylic acids is 1. The highest BCUT2D eigenvalue weighted by Gasteiger charge is 2.35. The van der Waals surface area contributed by atoms with E-state index in [1.807, 2.05) is 19.1 Å². The Morgan fingerprint density at radius 2 is 2.24 bits per heavy atom. The Labute approximate surface area is 102 Å². The quantitative estimate of drug-likeness (QED) is 0.852. The summed E-state index contributed by atoms with van der Waals surface area (Å²) in [4.78, 5) is 17.8. The van der Waals surface area contributed by atoms with E-state index >= 15 is 0 Å². The minimum absolute atomic E-state index is 0.183. The molecule has 0 radical (unpaired) electrons. The largest absolute Gasteiger partial charge is 0.369 e. The molecule has 0 bridgehead atoms. The first-order valence-electron chi connectivity index (χ1n) is 6.01. The highest BCUT2D eigenvalue weighted by Crippen LogP contribution is 2.29. The van der Waals surface area contributed by atoms with Gasteiger partial charge in [-0.3, -0.25) is 14.7 Å². The molecule has 92 valence electrons. The minimum atomic E-state index is -0.370. The van der Waals surface area contributed by atoms with Crippen LogP contribution in [-0.2, 0) is 11.3 Å². The third kappa shape index (κ3) is 2.82. The van der Waals surface area contributed by atoms with Gasteiger partial charge in [0.2, 0.25) is 5.91 Å². The number of piperidine rings is 1. The van der Waals surface area contributed by atoms with Crippen molar-refractivity contribution < 1.29 is 4.79 Å². The monoisotopic (exact) mass is 233 g/mol. The summed E-state index contributed by atoms with van der Waals surface area (Å²) in [5.74, 6) is -0.183. The molecule has 17 heavy (non-hydrogen) atoms. The van der Waals surface area contributed by atoms with E-state index in [1.165, 1.54) is 5.56 Å². The van der Waals surface area contributed by atoms with Crippen molar-refractivity contribution in [1.82, 2.24) is 9.88 Å². The van der Waals surface area contributed by atoms with Gasteiger partial charge in [-0.1, -0.05) is 0 Å². The van der Waals surface area contributed by atoms with Crippen molar-refractivity contribution in [2.75, 3.05) is 13.1 Å². The van der Waals surface area contributed by atoms with E-state index in [9.17, 15) is 4.79 Å². The average molecular weight is 233 g/mol. The number of aromatic nitrogens is 1. The smallest absolute Gasteiger partial charge is 0.224 e. The van der Waals surface area contributed by atoms with Crippen molar-refractivity contribution in [2.24, 2.45) is 11.1 Å². The third-order valence-corrected chi connectivity index (χ3v) is 3.53. The van der Waals surface area contributed by atoms with Crippen molar-refractivity contribution >= 4 is 5.91 Å². The highest BCUT2D eigenvalue weighted by molar-refractivity contribution is 5.80. The fourth-order valence-electron chi connectivity index (χ4n) is 2.43. The summed E-state index contributed by atoms with van der Waals surface area (Å²) < 4.78 is 0. The van der Waals surface area contributed by atoms with Gasteiger partial charge in [0.1, 0.15) is 0 Å². The second-order valence-corrected chi connectivity index (χ2v) is 5.09. The summed E-state index contributed by atoms with van der Waals surface area (Å²) in [6.45, 7) is 4.62. The van der Waals surface area contributed by atoms with Gasteiger partial charge in [0.05, 0.1) is 5.41 Å². The lowest BCUT2D eigenvalue weighted by Crippen LogP contribution is -2.48. The number of hydrogen-bond donors (Lipinski definition) is 1. The molecule has 0 aromatic carbocycles. The van der Waals surface area contributed by atoms with E-state index in [0.29, 0.717) is 0 Å². The summed E-state index contributed by atoms with van der Waals surface area (Å²) in [6, 6.07) is 4.02. The normalized spacial score (nSPS) is 25.7. The number of rotatable bonds is 3. The average Bonchev–Trinajstić information content (AvgIpc) is 2.30. The predicted octanol–water partition coefficient (Wildman–Crippen LogP) is 1.17. The Hall–Kier alpha value is -1.42. The number of amides is 1. The summed E-state index contributed by atoms with van der Waals surface area (Å²) in [5.41, 5.74) is 6.34. The van der Waals surface area contributed by atoms with Gasteiger partial charge in [-0.2, -0.15) is 0 Å². The summed E-state index contributed by atoms with van der Waals surface area (Å²) in [7, 11) is 0. The Morgan fingerprint density at radius 1 is 1.53 bits per heavy atom. The second kappa shape index (κ2) is 4.84. The molecule has 1 aromatic heterocycles. The summed E-state index contributed by atoms with van der Waals surface area (Å²) >= 11 is 0. The van der Waals surface area contributed by atoms with E-state index in [-0.39, 0.29) is 11.3 Å². The molecular weight excluding hydrogens is 214 g/mol. The number of carbonyl (C=O) groups is 1. The zero-order valence-electron chi connectivity index (χ0n) is 10.2. The van der Waals surface area contributed by atoms with Crippen molar-refractivity contribution in [3.63, 3.8) is 0 Å². The highest BCUT2D eigenvalue weighted by atomic mass is 16.1. The van der Waals surface area contributed by atoms with E-state index in [0.717, 1.165) is 32.5 Å². The second-order valence-electron chi connectivity index (χ2n) is 5.09. The third-order valence-electron chi connectivity index (χ3n) is 3.53. The van der Waals surface area contributed by atoms with Gasteiger partial charge in [-0.25, -0.2) is 0 Å². The van der Waals surface area contributed by atoms with Crippen LogP contribution in [0.15, 0.2) is 24.5 Å². The number of likely N-dealkylation sites (tertiary alicyclic amines) is 1. The van der Waals surface area contributed by atoms with Crippen molar-refractivity contribution in [3.8, 4) is 0 Å². The van der Waals surface area contributed by atoms with Crippen molar-refractivity contribution in [2.45, 2.75) is 26.3 Å². The van der Waals surface area contributed by atoms with Crippen LogP contribution in [0, 0.1) is 5.41 Å². The first kappa shape index (κ1) is 12.0. The van der Waals surface area contributed by atoms with Gasteiger partial charge < -0.3 is 5.73 Å². The SMILES string of the molecule is C[C@]1(C(N)=O)CCCN(Cc2ccncc2)C1. The molecular formula is C13H19N3O. The molecule has 2 heterocycles. The Bertz CT molecular complexity index is 393. The van der Waals surface area contributed by atoms with Crippen LogP contribution in [0.25, 0.3) is 0 Å². The van der Waals surface area contributed by atoms with Crippen LogP contribution >= 0.6 is 0 Å². The molecule has 2 N–H and O–H groups in total. The van der Waals surface area contributed by atoms with Crippen LogP contribution < -0.4 is 5.73 Å². The lowest BCUT2D eigenvalue weighted by atomic mass is 9.81. The number of nitrogens with two attached hydrogens (primary N) is 1. The fraction of sp³-hybridized carbons (Fsp3) is 0.538. The van der Waals surface area contributed by atoms with Crippen LogP contribution in [0.2, 0.25) is 0 Å². The molecule has 0 saturated carbocycles. The van der Waals surface area contributed by atoms with Crippen molar-refractivity contribution in [1.29, 1.82) is 0 Å². The number of pyridine rings is 1. The first-order chi connectivity index (χ1) is 8.10. The molecule has 4 heteroatoms. The molecule has 1 fully saturated rings. The molecule has 2 rings (SSSR count). The molecule has 1 aromatic rings. The van der Waals surface area contributed by atoms with Gasteiger partial charge >= 0.3 is 0 Å². The van der Waals surface area contributed by atoms with E-state index in [1.54, 1.807) is 12.4 Å². The summed E-state index contributed by atoms with van der Waals surface area (Å²) in [6.07, 6.45) is 5.53. The van der Waals surface area contributed by atoms with Gasteiger partial charge in [0.15, 0.2) is 0 Å². The maximum Gasteiger partial charge on any atom is 0.224 e. The topological polar surface area (TPSA) is 59.2 Å². The first-order valence-corrected chi connectivity index (χ1v) is 6.01. The number of hydrogen-bond acceptors (Lipinski definition) is 3. The maximum absolute atomic E-state index is 11.5. The zero-order chi connectivity index (χ0) is 12.3. The van der Waals surface area contributed by atoms with Crippen LogP contribution in [0.4, 0.5) is 0 Å². The fourth-order valence-corrected chi connectivity index (χ4v) is 2.43.